The van der Waals surface area contributed by atoms with Crippen LogP contribution < -0.4 is 5.32 Å². The van der Waals surface area contributed by atoms with E-state index >= 15 is 0 Å². The molecule has 0 fully saturated rings. The molecular formula is C20H19N3O4S. The minimum atomic E-state index is -0.625. The summed E-state index contributed by atoms with van der Waals surface area (Å²) < 4.78 is 5.05. The second-order valence-electron chi connectivity index (χ2n) is 5.89. The summed E-state index contributed by atoms with van der Waals surface area (Å²) in [7, 11) is 3.15. The van der Waals surface area contributed by atoms with Crippen molar-refractivity contribution in [3.63, 3.8) is 0 Å². The number of carbonyl (C=O) groups is 3. The van der Waals surface area contributed by atoms with Crippen molar-refractivity contribution < 1.29 is 19.1 Å². The number of likely N-dealkylation sites (N-methyl/N-ethyl adjacent to an activating group) is 1. The van der Waals surface area contributed by atoms with Crippen molar-refractivity contribution in [1.29, 1.82) is 5.26 Å². The van der Waals surface area contributed by atoms with Crippen LogP contribution >= 0.6 is 11.8 Å². The predicted molar refractivity (Wildman–Crippen MR) is 106 cm³/mol. The molecule has 2 amide bonds. The molecule has 0 heterocycles. The SMILES string of the molecule is CN(C)C(=O)COC(=O)c1ccccc1SCC(=O)Nc1cccc(C#N)c1. The van der Waals surface area contributed by atoms with Gasteiger partial charge in [0.2, 0.25) is 5.91 Å². The highest BCUT2D eigenvalue weighted by molar-refractivity contribution is 8.00. The molecular weight excluding hydrogens is 378 g/mol. The van der Waals surface area contributed by atoms with E-state index in [1.54, 1.807) is 62.6 Å². The lowest BCUT2D eigenvalue weighted by atomic mass is 10.2. The van der Waals surface area contributed by atoms with Crippen LogP contribution in [0.15, 0.2) is 53.4 Å². The fourth-order valence-electron chi connectivity index (χ4n) is 2.10. The summed E-state index contributed by atoms with van der Waals surface area (Å²) in [6, 6.07) is 15.3. The zero-order valence-electron chi connectivity index (χ0n) is 15.5. The van der Waals surface area contributed by atoms with Crippen LogP contribution in [-0.4, -0.2) is 49.1 Å². The van der Waals surface area contributed by atoms with Crippen LogP contribution in [-0.2, 0) is 14.3 Å². The molecule has 0 aromatic heterocycles. The first-order valence-corrected chi connectivity index (χ1v) is 9.28. The third-order valence-electron chi connectivity index (χ3n) is 3.57. The van der Waals surface area contributed by atoms with Gasteiger partial charge in [-0.2, -0.15) is 5.26 Å². The molecule has 0 aliphatic heterocycles. The maximum atomic E-state index is 12.3. The molecule has 28 heavy (non-hydrogen) atoms. The minimum absolute atomic E-state index is 0.0672. The Kier molecular flexibility index (Phi) is 7.60. The second-order valence-corrected chi connectivity index (χ2v) is 6.91. The van der Waals surface area contributed by atoms with E-state index in [9.17, 15) is 14.4 Å². The van der Waals surface area contributed by atoms with Crippen molar-refractivity contribution in [3.05, 3.63) is 59.7 Å². The first kappa shape index (κ1) is 21.0. The molecule has 2 aromatic carbocycles. The molecule has 0 atom stereocenters. The highest BCUT2D eigenvalue weighted by Crippen LogP contribution is 2.23. The van der Waals surface area contributed by atoms with E-state index in [2.05, 4.69) is 5.32 Å². The van der Waals surface area contributed by atoms with Gasteiger partial charge >= 0.3 is 5.97 Å². The molecule has 144 valence electrons. The first-order chi connectivity index (χ1) is 13.4. The summed E-state index contributed by atoms with van der Waals surface area (Å²) in [6.45, 7) is -0.347. The van der Waals surface area contributed by atoms with Crippen LogP contribution in [0, 0.1) is 11.3 Å². The standard InChI is InChI=1S/C20H19N3O4S/c1-23(2)19(25)12-27-20(26)16-8-3-4-9-17(16)28-13-18(24)22-15-7-5-6-14(10-15)11-21/h3-10H,12-13H2,1-2H3,(H,22,24). The Hall–Kier alpha value is -3.31. The molecule has 7 nitrogen and oxygen atoms in total. The van der Waals surface area contributed by atoms with Gasteiger partial charge in [-0.15, -0.1) is 11.8 Å². The highest BCUT2D eigenvalue weighted by Gasteiger charge is 2.16. The van der Waals surface area contributed by atoms with E-state index in [1.165, 1.54) is 16.7 Å². The van der Waals surface area contributed by atoms with Crippen LogP contribution in [0.1, 0.15) is 15.9 Å². The van der Waals surface area contributed by atoms with Gasteiger partial charge in [-0.3, -0.25) is 9.59 Å². The number of thioether (sulfide) groups is 1. The lowest BCUT2D eigenvalue weighted by Crippen LogP contribution is -2.27. The Labute approximate surface area is 167 Å². The van der Waals surface area contributed by atoms with Gasteiger partial charge in [0, 0.05) is 24.7 Å². The third-order valence-corrected chi connectivity index (χ3v) is 4.64. The van der Waals surface area contributed by atoms with Crippen molar-refractivity contribution in [2.75, 3.05) is 31.8 Å². The second kappa shape index (κ2) is 10.1. The summed E-state index contributed by atoms with van der Waals surface area (Å²) in [4.78, 5) is 37.9. The minimum Gasteiger partial charge on any atom is -0.452 e. The van der Waals surface area contributed by atoms with E-state index in [0.717, 1.165) is 0 Å². The van der Waals surface area contributed by atoms with E-state index in [-0.39, 0.29) is 24.2 Å². The Morgan fingerprint density at radius 1 is 1.14 bits per heavy atom. The van der Waals surface area contributed by atoms with Gasteiger partial charge in [0.25, 0.3) is 5.91 Å². The maximum Gasteiger partial charge on any atom is 0.339 e. The van der Waals surface area contributed by atoms with Crippen molar-refractivity contribution in [1.82, 2.24) is 4.90 Å². The van der Waals surface area contributed by atoms with Gasteiger partial charge in [-0.1, -0.05) is 18.2 Å². The van der Waals surface area contributed by atoms with Crippen molar-refractivity contribution in [2.24, 2.45) is 0 Å². The molecule has 0 aliphatic carbocycles. The lowest BCUT2D eigenvalue weighted by molar-refractivity contribution is -0.132. The van der Waals surface area contributed by atoms with E-state index in [4.69, 9.17) is 10.00 Å². The smallest absolute Gasteiger partial charge is 0.339 e. The molecule has 0 unspecified atom stereocenters. The van der Waals surface area contributed by atoms with Gasteiger partial charge in [0.1, 0.15) is 0 Å². The Bertz CT molecular complexity index is 922. The molecule has 0 bridgehead atoms. The zero-order valence-corrected chi connectivity index (χ0v) is 16.3. The number of benzene rings is 2. The van der Waals surface area contributed by atoms with Crippen LogP contribution in [0.5, 0.6) is 0 Å². The van der Waals surface area contributed by atoms with Gasteiger partial charge in [-0.25, -0.2) is 4.79 Å². The number of rotatable bonds is 7. The van der Waals surface area contributed by atoms with Gasteiger partial charge < -0.3 is 15.0 Å². The number of anilines is 1. The average Bonchev–Trinajstić information content (AvgIpc) is 2.70. The number of hydrogen-bond acceptors (Lipinski definition) is 6. The zero-order chi connectivity index (χ0) is 20.5. The predicted octanol–water partition coefficient (Wildman–Crippen LogP) is 2.53. The number of carbonyl (C=O) groups excluding carboxylic acids is 3. The topological polar surface area (TPSA) is 99.5 Å². The van der Waals surface area contributed by atoms with Crippen LogP contribution in [0.25, 0.3) is 0 Å². The molecule has 0 radical (unpaired) electrons. The van der Waals surface area contributed by atoms with E-state index in [1.807, 2.05) is 6.07 Å². The number of nitrogens with one attached hydrogen (secondary N) is 1. The summed E-state index contributed by atoms with van der Waals surface area (Å²) >= 11 is 1.18. The molecule has 1 N–H and O–H groups in total. The Morgan fingerprint density at radius 2 is 1.89 bits per heavy atom. The number of amides is 2. The number of nitrogens with zero attached hydrogens (tertiary/aromatic N) is 2. The molecule has 0 aliphatic rings. The Morgan fingerprint density at radius 3 is 2.61 bits per heavy atom. The van der Waals surface area contributed by atoms with E-state index < -0.39 is 5.97 Å². The number of hydrogen-bond donors (Lipinski definition) is 1. The third kappa shape index (κ3) is 6.14. The fraction of sp³-hybridized carbons (Fsp3) is 0.200. The van der Waals surface area contributed by atoms with E-state index in [0.29, 0.717) is 21.7 Å². The highest BCUT2D eigenvalue weighted by atomic mass is 32.2. The maximum absolute atomic E-state index is 12.3. The normalized spacial score (nSPS) is 9.89. The average molecular weight is 397 g/mol. The molecule has 8 heteroatoms. The number of esters is 1. The van der Waals surface area contributed by atoms with Crippen molar-refractivity contribution in [2.45, 2.75) is 4.90 Å². The summed E-state index contributed by atoms with van der Waals surface area (Å²) in [5.74, 6) is -1.15. The van der Waals surface area contributed by atoms with Crippen molar-refractivity contribution >= 4 is 35.2 Å². The quantitative estimate of drug-likeness (QED) is 0.569. The monoisotopic (exact) mass is 397 g/mol. The fourth-order valence-corrected chi connectivity index (χ4v) is 2.94. The van der Waals surface area contributed by atoms with Gasteiger partial charge in [-0.05, 0) is 30.3 Å². The molecule has 0 spiro atoms. The Balaban J connectivity index is 1.97. The van der Waals surface area contributed by atoms with Gasteiger partial charge in [0.05, 0.1) is 22.9 Å². The lowest BCUT2D eigenvalue weighted by Gasteiger charge is -2.12. The molecule has 0 saturated heterocycles. The number of nitriles is 1. The molecule has 0 saturated carbocycles. The van der Waals surface area contributed by atoms with Crippen LogP contribution in [0.2, 0.25) is 0 Å². The first-order valence-electron chi connectivity index (χ1n) is 8.30. The summed E-state index contributed by atoms with van der Waals surface area (Å²) in [5, 5.41) is 11.6. The molecule has 2 aromatic rings. The largest absolute Gasteiger partial charge is 0.452 e. The summed E-state index contributed by atoms with van der Waals surface area (Å²) in [5.41, 5.74) is 1.27. The van der Waals surface area contributed by atoms with Crippen LogP contribution in [0.4, 0.5) is 5.69 Å². The summed E-state index contributed by atoms with van der Waals surface area (Å²) in [6.07, 6.45) is 0. The molecule has 2 rings (SSSR count). The van der Waals surface area contributed by atoms with Crippen LogP contribution in [0.3, 0.4) is 0 Å². The van der Waals surface area contributed by atoms with Crippen molar-refractivity contribution in [3.8, 4) is 6.07 Å². The van der Waals surface area contributed by atoms with Gasteiger partial charge in [0.15, 0.2) is 6.61 Å². The number of ether oxygens (including phenoxy) is 1.